The first kappa shape index (κ1) is 28.9. The van der Waals surface area contributed by atoms with Gasteiger partial charge in [-0.25, -0.2) is 4.79 Å². The molecule has 1 amide bonds. The molecular weight excluding hydrogens is 521 g/mol. The van der Waals surface area contributed by atoms with Gasteiger partial charge in [0.1, 0.15) is 0 Å². The van der Waals surface area contributed by atoms with Crippen LogP contribution in [0, 0.1) is 0 Å². The van der Waals surface area contributed by atoms with Crippen LogP contribution in [0.5, 0.6) is 0 Å². The molecule has 0 unspecified atom stereocenters. The molecule has 0 heterocycles. The van der Waals surface area contributed by atoms with Gasteiger partial charge in [-0.2, -0.15) is 26.3 Å². The van der Waals surface area contributed by atoms with Crippen molar-refractivity contribution in [1.29, 1.82) is 0 Å². The van der Waals surface area contributed by atoms with Gasteiger partial charge in [0.2, 0.25) is 0 Å². The van der Waals surface area contributed by atoms with Crippen LogP contribution in [0.1, 0.15) is 48.9 Å². The second-order valence-corrected chi connectivity index (χ2v) is 8.75. The predicted octanol–water partition coefficient (Wildman–Crippen LogP) is 8.34. The number of alkyl halides is 6. The Hall–Kier alpha value is -2.33. The van der Waals surface area contributed by atoms with Gasteiger partial charge in [-0.3, -0.25) is 4.90 Å². The largest absolute Gasteiger partial charge is 0.465 e. The molecule has 12 heteroatoms. The Morgan fingerprint density at radius 1 is 0.829 bits per heavy atom. The minimum atomic E-state index is -5.04. The Kier molecular flexibility index (Phi) is 9.58. The van der Waals surface area contributed by atoms with E-state index in [0.717, 1.165) is 17.7 Å². The molecule has 0 radical (unpaired) electrons. The molecule has 0 atom stereocenters. The molecule has 0 aliphatic carbocycles. The summed E-state index contributed by atoms with van der Waals surface area (Å²) in [4.78, 5) is 14.7. The highest BCUT2D eigenvalue weighted by Crippen LogP contribution is 2.37. The van der Waals surface area contributed by atoms with Gasteiger partial charge >= 0.3 is 18.4 Å². The summed E-state index contributed by atoms with van der Waals surface area (Å²) < 4.78 is 79.3. The van der Waals surface area contributed by atoms with Crippen molar-refractivity contribution < 1.29 is 36.2 Å². The number of nitrogens with zero attached hydrogens (tertiary/aromatic N) is 2. The fourth-order valence-corrected chi connectivity index (χ4v) is 3.96. The lowest BCUT2D eigenvalue weighted by Crippen LogP contribution is -2.31. The van der Waals surface area contributed by atoms with Gasteiger partial charge in [0.25, 0.3) is 0 Å². The Morgan fingerprint density at radius 3 is 1.74 bits per heavy atom. The summed E-state index contributed by atoms with van der Waals surface area (Å²) in [5.41, 5.74) is -2.46. The lowest BCUT2D eigenvalue weighted by molar-refractivity contribution is -0.143. The van der Waals surface area contributed by atoms with Crippen molar-refractivity contribution in [2.24, 2.45) is 0 Å². The van der Waals surface area contributed by atoms with Crippen LogP contribution in [0.2, 0.25) is 10.0 Å². The van der Waals surface area contributed by atoms with Gasteiger partial charge in [0.15, 0.2) is 0 Å². The van der Waals surface area contributed by atoms with Crippen LogP contribution in [0.15, 0.2) is 30.3 Å². The monoisotopic (exact) mass is 544 g/mol. The molecule has 2 rings (SSSR count). The Labute approximate surface area is 209 Å². The molecule has 4 nitrogen and oxygen atoms in total. The van der Waals surface area contributed by atoms with Crippen LogP contribution in [-0.4, -0.2) is 29.2 Å². The zero-order chi connectivity index (χ0) is 26.6. The van der Waals surface area contributed by atoms with Crippen LogP contribution in [-0.2, 0) is 25.4 Å². The van der Waals surface area contributed by atoms with Crippen LogP contribution in [0.3, 0.4) is 0 Å². The quantitative estimate of drug-likeness (QED) is 0.322. The van der Waals surface area contributed by atoms with E-state index in [-0.39, 0.29) is 22.7 Å². The minimum Gasteiger partial charge on any atom is -0.465 e. The molecule has 2 aromatic carbocycles. The van der Waals surface area contributed by atoms with Crippen molar-refractivity contribution in [3.8, 4) is 0 Å². The number of rotatable bonds is 9. The predicted molar refractivity (Wildman–Crippen MR) is 123 cm³/mol. The van der Waals surface area contributed by atoms with Crippen molar-refractivity contribution in [3.05, 3.63) is 62.6 Å². The average Bonchev–Trinajstić information content (AvgIpc) is 2.74. The number of hydrogen-bond donors (Lipinski definition) is 1. The standard InChI is InChI=1S/C23H24Cl2F6N2O2/c1-3-5-32(6-4-2)20-11-19(25)18(24)9-15(20)13-33(21(34)35)12-14-7-16(22(26,27)28)10-17(8-14)23(29,30)31/h7-11H,3-6,12-13H2,1-2H3,(H,34,35). The smallest absolute Gasteiger partial charge is 0.416 e. The number of carboxylic acid groups (broad SMARTS) is 1. The third kappa shape index (κ3) is 7.83. The van der Waals surface area contributed by atoms with Gasteiger partial charge in [0.05, 0.1) is 27.7 Å². The molecule has 194 valence electrons. The SMILES string of the molecule is CCCN(CCC)c1cc(Cl)c(Cl)cc1CN(Cc1cc(C(F)(F)F)cc(C(F)(F)F)c1)C(=O)O. The molecule has 0 bridgehead atoms. The summed E-state index contributed by atoms with van der Waals surface area (Å²) in [7, 11) is 0. The number of carbonyl (C=O) groups is 1. The van der Waals surface area contributed by atoms with Gasteiger partial charge < -0.3 is 10.0 Å². The molecule has 0 saturated carbocycles. The second-order valence-electron chi connectivity index (χ2n) is 7.93. The van der Waals surface area contributed by atoms with Crippen molar-refractivity contribution in [1.82, 2.24) is 4.90 Å². The maximum Gasteiger partial charge on any atom is 0.416 e. The van der Waals surface area contributed by atoms with E-state index in [2.05, 4.69) is 0 Å². The van der Waals surface area contributed by atoms with Gasteiger partial charge in [-0.05, 0) is 54.3 Å². The van der Waals surface area contributed by atoms with Crippen molar-refractivity contribution in [2.75, 3.05) is 18.0 Å². The van der Waals surface area contributed by atoms with Gasteiger partial charge in [-0.1, -0.05) is 37.0 Å². The fourth-order valence-electron chi connectivity index (χ4n) is 3.62. The molecule has 35 heavy (non-hydrogen) atoms. The highest BCUT2D eigenvalue weighted by atomic mass is 35.5. The van der Waals surface area contributed by atoms with E-state index >= 15 is 0 Å². The Bertz CT molecular complexity index is 1010. The van der Waals surface area contributed by atoms with Gasteiger partial charge in [-0.15, -0.1) is 0 Å². The first-order valence-corrected chi connectivity index (χ1v) is 11.4. The molecule has 1 N–H and O–H groups in total. The molecule has 0 aromatic heterocycles. The van der Waals surface area contributed by atoms with E-state index in [4.69, 9.17) is 23.2 Å². The molecule has 0 fully saturated rings. The first-order chi connectivity index (χ1) is 16.2. The highest BCUT2D eigenvalue weighted by Gasteiger charge is 2.37. The summed E-state index contributed by atoms with van der Waals surface area (Å²) in [5, 5.41) is 10.1. The van der Waals surface area contributed by atoms with E-state index in [1.807, 2.05) is 18.7 Å². The Morgan fingerprint density at radius 2 is 1.31 bits per heavy atom. The minimum absolute atomic E-state index is 0.000939. The summed E-state index contributed by atoms with van der Waals surface area (Å²) in [6.07, 6.45) is -10.1. The first-order valence-electron chi connectivity index (χ1n) is 10.7. The Balaban J connectivity index is 2.51. The fraction of sp³-hybridized carbons (Fsp3) is 0.435. The molecule has 0 spiro atoms. The maximum atomic E-state index is 13.2. The number of benzene rings is 2. The molecule has 0 saturated heterocycles. The molecule has 2 aromatic rings. The normalized spacial score (nSPS) is 12.1. The molecular formula is C23H24Cl2F6N2O2. The van der Waals surface area contributed by atoms with E-state index in [0.29, 0.717) is 36.5 Å². The summed E-state index contributed by atoms with van der Waals surface area (Å²) in [5.74, 6) is 0. The number of amides is 1. The van der Waals surface area contributed by atoms with Crippen LogP contribution < -0.4 is 4.90 Å². The van der Waals surface area contributed by atoms with E-state index in [9.17, 15) is 36.2 Å². The van der Waals surface area contributed by atoms with Crippen LogP contribution in [0.25, 0.3) is 0 Å². The lowest BCUT2D eigenvalue weighted by atomic mass is 10.0. The average molecular weight is 545 g/mol. The topological polar surface area (TPSA) is 43.8 Å². The van der Waals surface area contributed by atoms with E-state index < -0.39 is 41.7 Å². The number of hydrogen-bond acceptors (Lipinski definition) is 2. The summed E-state index contributed by atoms with van der Waals surface area (Å²) in [6.45, 7) is 4.11. The third-order valence-corrected chi connectivity index (χ3v) is 5.82. The van der Waals surface area contributed by atoms with Crippen LogP contribution >= 0.6 is 23.2 Å². The zero-order valence-corrected chi connectivity index (χ0v) is 20.4. The van der Waals surface area contributed by atoms with Crippen molar-refractivity contribution >= 4 is 35.0 Å². The van der Waals surface area contributed by atoms with Crippen molar-refractivity contribution in [2.45, 2.75) is 52.1 Å². The van der Waals surface area contributed by atoms with E-state index in [1.54, 1.807) is 6.07 Å². The molecule has 0 aliphatic rings. The van der Waals surface area contributed by atoms with Gasteiger partial charge in [0, 0.05) is 25.3 Å². The zero-order valence-electron chi connectivity index (χ0n) is 18.9. The lowest BCUT2D eigenvalue weighted by Gasteiger charge is -2.29. The molecule has 0 aliphatic heterocycles. The third-order valence-electron chi connectivity index (χ3n) is 5.10. The summed E-state index contributed by atoms with van der Waals surface area (Å²) in [6, 6.07) is 4.07. The highest BCUT2D eigenvalue weighted by molar-refractivity contribution is 6.42. The van der Waals surface area contributed by atoms with Crippen molar-refractivity contribution in [3.63, 3.8) is 0 Å². The van der Waals surface area contributed by atoms with E-state index in [1.165, 1.54) is 6.07 Å². The maximum absolute atomic E-state index is 13.2. The number of halogens is 8. The second kappa shape index (κ2) is 11.6. The summed E-state index contributed by atoms with van der Waals surface area (Å²) >= 11 is 12.3. The van der Waals surface area contributed by atoms with Crippen LogP contribution in [0.4, 0.5) is 36.8 Å². The number of anilines is 1.